The summed E-state index contributed by atoms with van der Waals surface area (Å²) in [5, 5.41) is 8.70. The molecular formula is C13H14O6. The van der Waals surface area contributed by atoms with Crippen molar-refractivity contribution in [2.24, 2.45) is 0 Å². The molecule has 1 N–H and O–H groups in total. The number of benzene rings is 1. The molecule has 0 fully saturated rings. The van der Waals surface area contributed by atoms with Gasteiger partial charge in [0.2, 0.25) is 0 Å². The summed E-state index contributed by atoms with van der Waals surface area (Å²) in [5.41, 5.74) is 0.379. The Hall–Kier alpha value is -2.37. The molecule has 0 aromatic heterocycles. The topological polar surface area (TPSA) is 89.9 Å². The van der Waals surface area contributed by atoms with Crippen LogP contribution in [0.3, 0.4) is 0 Å². The first-order chi connectivity index (χ1) is 9.00. The number of carboxylic acid groups (broad SMARTS) is 1. The molecule has 0 unspecified atom stereocenters. The van der Waals surface area contributed by atoms with Crippen LogP contribution in [-0.2, 0) is 14.3 Å². The van der Waals surface area contributed by atoms with E-state index in [0.717, 1.165) is 0 Å². The molecule has 19 heavy (non-hydrogen) atoms. The van der Waals surface area contributed by atoms with Crippen LogP contribution in [0.4, 0.5) is 0 Å². The number of aromatic carboxylic acids is 1. The fourth-order valence-corrected chi connectivity index (χ4v) is 1.27. The fourth-order valence-electron chi connectivity index (χ4n) is 1.27. The van der Waals surface area contributed by atoms with Gasteiger partial charge in [-0.15, -0.1) is 0 Å². The largest absolute Gasteiger partial charge is 0.478 e. The van der Waals surface area contributed by atoms with Gasteiger partial charge >= 0.3 is 17.9 Å². The molecule has 0 spiro atoms. The lowest BCUT2D eigenvalue weighted by Crippen LogP contribution is -2.09. The van der Waals surface area contributed by atoms with E-state index >= 15 is 0 Å². The van der Waals surface area contributed by atoms with Gasteiger partial charge in [-0.25, -0.2) is 9.59 Å². The van der Waals surface area contributed by atoms with Crippen molar-refractivity contribution < 1.29 is 29.0 Å². The molecule has 1 aromatic rings. The monoisotopic (exact) mass is 266 g/mol. The molecule has 6 nitrogen and oxygen atoms in total. The van der Waals surface area contributed by atoms with Crippen molar-refractivity contribution in [3.8, 4) is 0 Å². The zero-order valence-electron chi connectivity index (χ0n) is 10.4. The van der Waals surface area contributed by atoms with Crippen molar-refractivity contribution in [2.75, 3.05) is 13.2 Å². The first kappa shape index (κ1) is 14.7. The molecule has 0 radical (unpaired) electrons. The standard InChI is InChI=1S/C13H14O6/c1-9(14)18-7-2-8-19-13(17)11-5-3-10(4-6-11)12(15)16/h3-6H,2,7-8H2,1H3,(H,15,16). The number of hydrogen-bond acceptors (Lipinski definition) is 5. The van der Waals surface area contributed by atoms with E-state index in [1.807, 2.05) is 0 Å². The summed E-state index contributed by atoms with van der Waals surface area (Å²) < 4.78 is 9.61. The Balaban J connectivity index is 2.37. The van der Waals surface area contributed by atoms with Gasteiger partial charge in [0, 0.05) is 13.3 Å². The van der Waals surface area contributed by atoms with Gasteiger partial charge in [-0.1, -0.05) is 0 Å². The third kappa shape index (κ3) is 5.20. The summed E-state index contributed by atoms with van der Waals surface area (Å²) in [6.07, 6.45) is 0.415. The van der Waals surface area contributed by atoms with E-state index in [1.165, 1.54) is 31.2 Å². The summed E-state index contributed by atoms with van der Waals surface area (Å²) in [7, 11) is 0. The summed E-state index contributed by atoms with van der Waals surface area (Å²) in [6.45, 7) is 1.63. The first-order valence-electron chi connectivity index (χ1n) is 5.64. The van der Waals surface area contributed by atoms with Crippen LogP contribution in [0.15, 0.2) is 24.3 Å². The minimum atomic E-state index is -1.05. The maximum Gasteiger partial charge on any atom is 0.338 e. The third-order valence-electron chi connectivity index (χ3n) is 2.19. The van der Waals surface area contributed by atoms with E-state index in [9.17, 15) is 14.4 Å². The van der Waals surface area contributed by atoms with E-state index in [4.69, 9.17) is 9.84 Å². The van der Waals surface area contributed by atoms with Crippen molar-refractivity contribution in [2.45, 2.75) is 13.3 Å². The molecule has 102 valence electrons. The van der Waals surface area contributed by atoms with E-state index in [0.29, 0.717) is 6.42 Å². The molecule has 0 aliphatic rings. The van der Waals surface area contributed by atoms with Crippen molar-refractivity contribution in [3.63, 3.8) is 0 Å². The zero-order chi connectivity index (χ0) is 14.3. The number of hydrogen-bond donors (Lipinski definition) is 1. The van der Waals surface area contributed by atoms with Crippen LogP contribution < -0.4 is 0 Å². The van der Waals surface area contributed by atoms with E-state index in [-0.39, 0.29) is 30.3 Å². The van der Waals surface area contributed by atoms with Gasteiger partial charge in [0.05, 0.1) is 24.3 Å². The van der Waals surface area contributed by atoms with Gasteiger partial charge in [0.1, 0.15) is 0 Å². The molecule has 1 aromatic carbocycles. The minimum absolute atomic E-state index is 0.103. The number of rotatable bonds is 6. The van der Waals surface area contributed by atoms with Crippen LogP contribution >= 0.6 is 0 Å². The van der Waals surface area contributed by atoms with E-state index in [1.54, 1.807) is 0 Å². The average molecular weight is 266 g/mol. The number of ether oxygens (including phenoxy) is 2. The van der Waals surface area contributed by atoms with Crippen LogP contribution in [0.2, 0.25) is 0 Å². The molecule has 1 rings (SSSR count). The lowest BCUT2D eigenvalue weighted by atomic mass is 10.1. The summed E-state index contributed by atoms with van der Waals surface area (Å²) >= 11 is 0. The molecule has 0 heterocycles. The molecular weight excluding hydrogens is 252 g/mol. The zero-order valence-corrected chi connectivity index (χ0v) is 10.4. The van der Waals surface area contributed by atoms with Gasteiger partial charge in [0.15, 0.2) is 0 Å². The second-order valence-electron chi connectivity index (χ2n) is 3.71. The number of carboxylic acids is 1. The highest BCUT2D eigenvalue weighted by Crippen LogP contribution is 2.06. The molecule has 0 bridgehead atoms. The van der Waals surface area contributed by atoms with Crippen LogP contribution in [0.5, 0.6) is 0 Å². The Labute approximate surface area is 109 Å². The normalized spacial score (nSPS) is 9.74. The van der Waals surface area contributed by atoms with Gasteiger partial charge in [-0.05, 0) is 24.3 Å². The summed E-state index contributed by atoms with van der Waals surface area (Å²) in [5.74, 6) is -1.98. The summed E-state index contributed by atoms with van der Waals surface area (Å²) in [6, 6.07) is 5.44. The Morgan fingerprint density at radius 2 is 1.53 bits per heavy atom. The van der Waals surface area contributed by atoms with Gasteiger partial charge < -0.3 is 14.6 Å². The molecule has 0 saturated heterocycles. The number of carbonyl (C=O) groups is 3. The molecule has 0 aliphatic carbocycles. The van der Waals surface area contributed by atoms with Crippen molar-refractivity contribution in [1.29, 1.82) is 0 Å². The highest BCUT2D eigenvalue weighted by Gasteiger charge is 2.08. The van der Waals surface area contributed by atoms with Crippen LogP contribution in [0.1, 0.15) is 34.1 Å². The molecule has 0 atom stereocenters. The molecule has 6 heteroatoms. The van der Waals surface area contributed by atoms with Gasteiger partial charge in [-0.2, -0.15) is 0 Å². The predicted octanol–water partition coefficient (Wildman–Crippen LogP) is 1.49. The van der Waals surface area contributed by atoms with Crippen molar-refractivity contribution >= 4 is 17.9 Å². The second-order valence-corrected chi connectivity index (χ2v) is 3.71. The minimum Gasteiger partial charge on any atom is -0.478 e. The highest BCUT2D eigenvalue weighted by atomic mass is 16.5. The Morgan fingerprint density at radius 3 is 2.05 bits per heavy atom. The van der Waals surface area contributed by atoms with E-state index in [2.05, 4.69) is 4.74 Å². The van der Waals surface area contributed by atoms with Crippen LogP contribution in [0, 0.1) is 0 Å². The highest BCUT2D eigenvalue weighted by molar-refractivity contribution is 5.92. The van der Waals surface area contributed by atoms with Gasteiger partial charge in [-0.3, -0.25) is 4.79 Å². The van der Waals surface area contributed by atoms with Crippen LogP contribution in [-0.4, -0.2) is 36.2 Å². The maximum absolute atomic E-state index is 11.5. The third-order valence-corrected chi connectivity index (χ3v) is 2.19. The number of carbonyl (C=O) groups excluding carboxylic acids is 2. The van der Waals surface area contributed by atoms with Gasteiger partial charge in [0.25, 0.3) is 0 Å². The lowest BCUT2D eigenvalue weighted by Gasteiger charge is -2.05. The Morgan fingerprint density at radius 1 is 1.00 bits per heavy atom. The first-order valence-corrected chi connectivity index (χ1v) is 5.64. The second kappa shape index (κ2) is 7.15. The SMILES string of the molecule is CC(=O)OCCCOC(=O)c1ccc(C(=O)O)cc1. The smallest absolute Gasteiger partial charge is 0.338 e. The fraction of sp³-hybridized carbons (Fsp3) is 0.308. The Kier molecular flexibility index (Phi) is 5.53. The maximum atomic E-state index is 11.5. The molecule has 0 amide bonds. The summed E-state index contributed by atoms with van der Waals surface area (Å²) in [4.78, 5) is 32.6. The Bertz CT molecular complexity index is 463. The van der Waals surface area contributed by atoms with Crippen molar-refractivity contribution in [3.05, 3.63) is 35.4 Å². The lowest BCUT2D eigenvalue weighted by molar-refractivity contribution is -0.141. The quantitative estimate of drug-likeness (QED) is 0.619. The predicted molar refractivity (Wildman–Crippen MR) is 64.9 cm³/mol. The van der Waals surface area contributed by atoms with Crippen molar-refractivity contribution in [1.82, 2.24) is 0 Å². The molecule has 0 saturated carbocycles. The van der Waals surface area contributed by atoms with E-state index < -0.39 is 11.9 Å². The molecule has 0 aliphatic heterocycles. The number of esters is 2. The van der Waals surface area contributed by atoms with Crippen LogP contribution in [0.25, 0.3) is 0 Å². The average Bonchev–Trinajstić information content (AvgIpc) is 2.37.